The monoisotopic (exact) mass is 459 g/mol. The number of hydrogen-bond donors (Lipinski definition) is 3. The number of benzene rings is 2. The van der Waals surface area contributed by atoms with Gasteiger partial charge in [-0.1, -0.05) is 35.9 Å². The lowest BCUT2D eigenvalue weighted by molar-refractivity contribution is 0.246. The Labute approximate surface area is 203 Å². The van der Waals surface area contributed by atoms with Gasteiger partial charge in [-0.3, -0.25) is 0 Å². The zero-order chi connectivity index (χ0) is 24.2. The first kappa shape index (κ1) is 23.9. The molecule has 1 fully saturated rings. The molecule has 0 saturated heterocycles. The van der Waals surface area contributed by atoms with E-state index in [2.05, 4.69) is 78.3 Å². The summed E-state index contributed by atoms with van der Waals surface area (Å²) in [5.74, 6) is 1.44. The number of carbonyl (C=O) groups excluding carboxylic acids is 1. The molecule has 0 spiro atoms. The minimum atomic E-state index is -0.119. The third-order valence-corrected chi connectivity index (χ3v) is 6.84. The maximum Gasteiger partial charge on any atom is 0.319 e. The van der Waals surface area contributed by atoms with Crippen molar-refractivity contribution in [2.24, 2.45) is 5.92 Å². The SMILES string of the molecule is Cc1cc(C)c(NC(=O)NC[C@H]2CC[C@@H](Nc3cc(N(C)C)c4ccccc4n3)CC2)c(C)c1. The van der Waals surface area contributed by atoms with E-state index >= 15 is 0 Å². The number of anilines is 3. The number of fused-ring (bicyclic) bond motifs is 1. The third-order valence-electron chi connectivity index (χ3n) is 6.84. The number of hydrogen-bond acceptors (Lipinski definition) is 4. The van der Waals surface area contributed by atoms with Crippen molar-refractivity contribution >= 4 is 34.1 Å². The van der Waals surface area contributed by atoms with E-state index in [1.165, 1.54) is 16.6 Å². The topological polar surface area (TPSA) is 69.3 Å². The number of aryl methyl sites for hydroxylation is 3. The van der Waals surface area contributed by atoms with Crippen LogP contribution in [0.25, 0.3) is 10.9 Å². The molecule has 0 radical (unpaired) electrons. The van der Waals surface area contributed by atoms with Gasteiger partial charge in [0.15, 0.2) is 0 Å². The second-order valence-electron chi connectivity index (χ2n) is 9.91. The Balaban J connectivity index is 1.28. The average Bonchev–Trinajstić information content (AvgIpc) is 2.80. The molecule has 0 bridgehead atoms. The van der Waals surface area contributed by atoms with E-state index in [0.717, 1.165) is 53.8 Å². The number of nitrogens with zero attached hydrogens (tertiary/aromatic N) is 2. The van der Waals surface area contributed by atoms with Crippen molar-refractivity contribution < 1.29 is 4.79 Å². The smallest absolute Gasteiger partial charge is 0.319 e. The predicted molar refractivity (Wildman–Crippen MR) is 143 cm³/mol. The van der Waals surface area contributed by atoms with Crippen molar-refractivity contribution in [2.75, 3.05) is 36.2 Å². The van der Waals surface area contributed by atoms with Crippen molar-refractivity contribution in [1.82, 2.24) is 10.3 Å². The molecular formula is C28H37N5O. The number of para-hydroxylation sites is 1. The van der Waals surface area contributed by atoms with E-state index in [4.69, 9.17) is 4.98 Å². The molecule has 1 aliphatic rings. The van der Waals surface area contributed by atoms with Crippen LogP contribution in [0.3, 0.4) is 0 Å². The average molecular weight is 460 g/mol. The second kappa shape index (κ2) is 10.3. The Morgan fingerprint density at radius 1 is 1.00 bits per heavy atom. The van der Waals surface area contributed by atoms with Gasteiger partial charge in [0.25, 0.3) is 0 Å². The quantitative estimate of drug-likeness (QED) is 0.422. The first-order valence-electron chi connectivity index (χ1n) is 12.3. The molecule has 0 unspecified atom stereocenters. The summed E-state index contributed by atoms with van der Waals surface area (Å²) in [4.78, 5) is 19.5. The van der Waals surface area contributed by atoms with Crippen LogP contribution in [0, 0.1) is 26.7 Å². The van der Waals surface area contributed by atoms with Crippen LogP contribution in [0.1, 0.15) is 42.4 Å². The molecule has 0 aliphatic heterocycles. The van der Waals surface area contributed by atoms with Gasteiger partial charge in [0, 0.05) is 49.5 Å². The summed E-state index contributed by atoms with van der Waals surface area (Å²) in [6.45, 7) is 6.86. The highest BCUT2D eigenvalue weighted by atomic mass is 16.2. The van der Waals surface area contributed by atoms with E-state index < -0.39 is 0 Å². The molecule has 1 aromatic heterocycles. The normalized spacial score (nSPS) is 17.9. The molecule has 1 saturated carbocycles. The highest BCUT2D eigenvalue weighted by Gasteiger charge is 2.22. The van der Waals surface area contributed by atoms with Gasteiger partial charge in [0.2, 0.25) is 0 Å². The van der Waals surface area contributed by atoms with Gasteiger partial charge in [0.05, 0.1) is 5.52 Å². The van der Waals surface area contributed by atoms with Gasteiger partial charge in [-0.2, -0.15) is 0 Å². The first-order chi connectivity index (χ1) is 16.3. The summed E-state index contributed by atoms with van der Waals surface area (Å²) in [5, 5.41) is 11.0. The number of rotatable bonds is 6. The summed E-state index contributed by atoms with van der Waals surface area (Å²) in [5.41, 5.74) is 6.51. The van der Waals surface area contributed by atoms with Gasteiger partial charge >= 0.3 is 6.03 Å². The maximum absolute atomic E-state index is 12.5. The number of pyridine rings is 1. The summed E-state index contributed by atoms with van der Waals surface area (Å²) < 4.78 is 0. The number of aromatic nitrogens is 1. The van der Waals surface area contributed by atoms with Crippen LogP contribution >= 0.6 is 0 Å². The number of nitrogens with one attached hydrogen (secondary N) is 3. The fraction of sp³-hybridized carbons (Fsp3) is 0.429. The zero-order valence-corrected chi connectivity index (χ0v) is 21.0. The third kappa shape index (κ3) is 5.61. The molecule has 6 nitrogen and oxygen atoms in total. The summed E-state index contributed by atoms with van der Waals surface area (Å²) in [6.07, 6.45) is 4.34. The highest BCUT2D eigenvalue weighted by Crippen LogP contribution is 2.30. The van der Waals surface area contributed by atoms with Gasteiger partial charge in [-0.05, 0) is 69.6 Å². The molecule has 3 aromatic rings. The van der Waals surface area contributed by atoms with E-state index in [0.29, 0.717) is 18.5 Å². The lowest BCUT2D eigenvalue weighted by atomic mass is 9.86. The Bertz CT molecular complexity index is 1140. The standard InChI is InChI=1S/C28H37N5O/c1-18-14-19(2)27(20(3)15-18)32-28(34)29-17-21-10-12-22(13-11-21)30-26-16-25(33(4)5)23-8-6-7-9-24(23)31-26/h6-9,14-16,21-22H,10-13,17H2,1-5H3,(H,30,31)(H2,29,32,34)/t21-,22+. The van der Waals surface area contributed by atoms with Crippen LogP contribution in [0.2, 0.25) is 0 Å². The van der Waals surface area contributed by atoms with Crippen molar-refractivity contribution in [2.45, 2.75) is 52.5 Å². The molecule has 2 aromatic carbocycles. The molecule has 6 heteroatoms. The van der Waals surface area contributed by atoms with Crippen molar-refractivity contribution in [3.8, 4) is 0 Å². The first-order valence-corrected chi connectivity index (χ1v) is 12.3. The molecule has 4 rings (SSSR count). The molecule has 3 N–H and O–H groups in total. The highest BCUT2D eigenvalue weighted by molar-refractivity contribution is 5.93. The van der Waals surface area contributed by atoms with Gasteiger partial charge in [0.1, 0.15) is 5.82 Å². The Hall–Kier alpha value is -3.28. The second-order valence-corrected chi connectivity index (χ2v) is 9.91. The van der Waals surface area contributed by atoms with E-state index in [1.54, 1.807) is 0 Å². The fourth-order valence-corrected chi connectivity index (χ4v) is 5.09. The Morgan fingerprint density at radius 2 is 1.68 bits per heavy atom. The van der Waals surface area contributed by atoms with Crippen LogP contribution in [0.5, 0.6) is 0 Å². The lowest BCUT2D eigenvalue weighted by Gasteiger charge is -2.30. The molecule has 1 heterocycles. The van der Waals surface area contributed by atoms with Crippen molar-refractivity contribution in [3.05, 3.63) is 59.2 Å². The zero-order valence-electron chi connectivity index (χ0n) is 21.0. The minimum absolute atomic E-state index is 0.119. The summed E-state index contributed by atoms with van der Waals surface area (Å²) >= 11 is 0. The van der Waals surface area contributed by atoms with Crippen molar-refractivity contribution in [1.29, 1.82) is 0 Å². The Kier molecular flexibility index (Phi) is 7.25. The molecule has 2 amide bonds. The van der Waals surface area contributed by atoms with Crippen LogP contribution in [-0.4, -0.2) is 37.7 Å². The number of urea groups is 1. The van der Waals surface area contributed by atoms with Crippen LogP contribution < -0.4 is 20.9 Å². The predicted octanol–water partition coefficient (Wildman–Crippen LogP) is 6.02. The van der Waals surface area contributed by atoms with Crippen LogP contribution in [-0.2, 0) is 0 Å². The van der Waals surface area contributed by atoms with Crippen molar-refractivity contribution in [3.63, 3.8) is 0 Å². The van der Waals surface area contributed by atoms with Crippen LogP contribution in [0.4, 0.5) is 22.0 Å². The maximum atomic E-state index is 12.5. The molecule has 0 atom stereocenters. The number of carbonyl (C=O) groups is 1. The van der Waals surface area contributed by atoms with Gasteiger partial charge in [-0.15, -0.1) is 0 Å². The molecule has 180 valence electrons. The number of amides is 2. The Morgan fingerprint density at radius 3 is 2.35 bits per heavy atom. The summed E-state index contributed by atoms with van der Waals surface area (Å²) in [7, 11) is 4.14. The fourth-order valence-electron chi connectivity index (χ4n) is 5.09. The van der Waals surface area contributed by atoms with Gasteiger partial charge in [-0.25, -0.2) is 9.78 Å². The minimum Gasteiger partial charge on any atom is -0.377 e. The molecule has 34 heavy (non-hydrogen) atoms. The summed E-state index contributed by atoms with van der Waals surface area (Å²) in [6, 6.07) is 14.9. The van der Waals surface area contributed by atoms with Gasteiger partial charge < -0.3 is 20.9 Å². The van der Waals surface area contributed by atoms with Crippen LogP contribution in [0.15, 0.2) is 42.5 Å². The van der Waals surface area contributed by atoms with E-state index in [9.17, 15) is 4.79 Å². The lowest BCUT2D eigenvalue weighted by Crippen LogP contribution is -2.36. The molecule has 1 aliphatic carbocycles. The van der Waals surface area contributed by atoms with E-state index in [1.807, 2.05) is 19.9 Å². The largest absolute Gasteiger partial charge is 0.377 e. The molecular weight excluding hydrogens is 422 g/mol. The van der Waals surface area contributed by atoms with E-state index in [-0.39, 0.29) is 6.03 Å².